The van der Waals surface area contributed by atoms with Crippen LogP contribution in [0.5, 0.6) is 5.75 Å². The molecular weight excluding hydrogens is 543 g/mol. The molecule has 10 heteroatoms. The topological polar surface area (TPSA) is 68.6 Å². The Bertz CT molecular complexity index is 1600. The van der Waals surface area contributed by atoms with Gasteiger partial charge in [-0.3, -0.25) is 9.36 Å². The zero-order valence-electron chi connectivity index (χ0n) is 18.8. The lowest BCUT2D eigenvalue weighted by Gasteiger charge is -2.29. The normalized spacial score (nSPS) is 17.2. The van der Waals surface area contributed by atoms with Crippen LogP contribution in [-0.2, 0) is 10.0 Å². The first-order chi connectivity index (χ1) is 17.2. The van der Waals surface area contributed by atoms with Crippen molar-refractivity contribution in [3.8, 4) is 5.75 Å². The minimum atomic E-state index is -4.29. The van der Waals surface area contributed by atoms with Crippen molar-refractivity contribution in [2.24, 2.45) is 0 Å². The smallest absolute Gasteiger partial charge is 0.269 e. The predicted octanol–water partition coefficient (Wildman–Crippen LogP) is 6.36. The Morgan fingerprint density at radius 1 is 0.750 bits per heavy atom. The van der Waals surface area contributed by atoms with E-state index in [0.29, 0.717) is 21.2 Å². The molecule has 0 radical (unpaired) electrons. The molecule has 0 amide bonds. The quantitative estimate of drug-likeness (QED) is 0.284. The van der Waals surface area contributed by atoms with Crippen LogP contribution in [0.2, 0.25) is 15.1 Å². The van der Waals surface area contributed by atoms with Crippen LogP contribution in [0.1, 0.15) is 23.2 Å². The van der Waals surface area contributed by atoms with Gasteiger partial charge in [-0.2, -0.15) is 0 Å². The number of aromatic nitrogens is 1. The van der Waals surface area contributed by atoms with Crippen molar-refractivity contribution in [2.75, 3.05) is 11.4 Å². The van der Waals surface area contributed by atoms with Gasteiger partial charge in [-0.05, 0) is 59.7 Å². The van der Waals surface area contributed by atoms with Gasteiger partial charge in [-0.25, -0.2) is 12.7 Å². The maximum absolute atomic E-state index is 14.3. The van der Waals surface area contributed by atoms with Crippen molar-refractivity contribution in [2.45, 2.75) is 17.0 Å². The highest BCUT2D eigenvalue weighted by Crippen LogP contribution is 2.50. The number of halogens is 3. The van der Waals surface area contributed by atoms with Crippen LogP contribution in [0.15, 0.2) is 94.6 Å². The van der Waals surface area contributed by atoms with Crippen LogP contribution >= 0.6 is 34.8 Å². The van der Waals surface area contributed by atoms with Gasteiger partial charge in [0.1, 0.15) is 16.5 Å². The van der Waals surface area contributed by atoms with Crippen LogP contribution < -0.4 is 14.6 Å². The van der Waals surface area contributed by atoms with E-state index < -0.39 is 22.1 Å². The Labute approximate surface area is 223 Å². The van der Waals surface area contributed by atoms with Gasteiger partial charge in [0, 0.05) is 21.1 Å². The lowest BCUT2D eigenvalue weighted by molar-refractivity contribution is 0.402. The van der Waals surface area contributed by atoms with Gasteiger partial charge >= 0.3 is 0 Å². The minimum Gasteiger partial charge on any atom is -0.495 e. The Hall–Kier alpha value is -2.97. The van der Waals surface area contributed by atoms with E-state index in [1.165, 1.54) is 40.2 Å². The summed E-state index contributed by atoms with van der Waals surface area (Å²) >= 11 is 18.5. The Morgan fingerprint density at radius 2 is 1.31 bits per heavy atom. The molecule has 1 aliphatic heterocycles. The van der Waals surface area contributed by atoms with Crippen LogP contribution in [0.4, 0.5) is 5.82 Å². The molecule has 0 spiro atoms. The summed E-state index contributed by atoms with van der Waals surface area (Å²) in [4.78, 5) is 13.1. The number of pyridine rings is 1. The number of nitrogens with zero attached hydrogens (tertiary/aromatic N) is 2. The first-order valence-electron chi connectivity index (χ1n) is 10.8. The molecule has 0 aliphatic carbocycles. The van der Waals surface area contributed by atoms with Crippen LogP contribution in [0.25, 0.3) is 0 Å². The molecule has 4 aromatic rings. The maximum atomic E-state index is 14.3. The number of fused-ring (bicyclic) bond motifs is 1. The van der Waals surface area contributed by atoms with E-state index in [1.54, 1.807) is 60.7 Å². The van der Waals surface area contributed by atoms with E-state index >= 15 is 0 Å². The molecular formula is C26H19Cl3N2O4S. The second kappa shape index (κ2) is 9.48. The Morgan fingerprint density at radius 3 is 1.89 bits per heavy atom. The number of rotatable bonds is 5. The zero-order chi connectivity index (χ0) is 25.6. The van der Waals surface area contributed by atoms with E-state index in [-0.39, 0.29) is 27.0 Å². The number of ether oxygens (including phenoxy) is 1. The number of methoxy groups -OCH3 is 1. The Kier molecular flexibility index (Phi) is 6.51. The minimum absolute atomic E-state index is 0.115. The molecule has 0 fully saturated rings. The molecule has 2 unspecified atom stereocenters. The van der Waals surface area contributed by atoms with Gasteiger partial charge in [-0.15, -0.1) is 0 Å². The van der Waals surface area contributed by atoms with Gasteiger partial charge in [-0.1, -0.05) is 65.1 Å². The third kappa shape index (κ3) is 4.16. The molecule has 36 heavy (non-hydrogen) atoms. The second-order valence-electron chi connectivity index (χ2n) is 8.18. The molecule has 1 aromatic heterocycles. The average molecular weight is 562 g/mol. The molecule has 2 atom stereocenters. The van der Waals surface area contributed by atoms with Crippen molar-refractivity contribution in [3.05, 3.63) is 121 Å². The van der Waals surface area contributed by atoms with Crippen molar-refractivity contribution >= 4 is 50.6 Å². The molecule has 0 N–H and O–H groups in total. The van der Waals surface area contributed by atoms with Crippen molar-refractivity contribution < 1.29 is 13.2 Å². The summed E-state index contributed by atoms with van der Waals surface area (Å²) in [6.07, 6.45) is 0. The van der Waals surface area contributed by atoms with E-state index in [4.69, 9.17) is 39.5 Å². The van der Waals surface area contributed by atoms with Gasteiger partial charge in [0.05, 0.1) is 19.2 Å². The number of anilines is 1. The van der Waals surface area contributed by atoms with Crippen LogP contribution in [-0.4, -0.2) is 20.1 Å². The summed E-state index contributed by atoms with van der Waals surface area (Å²) < 4.78 is 36.8. The van der Waals surface area contributed by atoms with Gasteiger partial charge in [0.2, 0.25) is 0 Å². The maximum Gasteiger partial charge on any atom is 0.269 e. The average Bonchev–Trinajstić information content (AvgIpc) is 3.22. The summed E-state index contributed by atoms with van der Waals surface area (Å²) in [7, 11) is -2.90. The first kappa shape index (κ1) is 24.7. The number of sulfonamides is 1. The van der Waals surface area contributed by atoms with E-state index in [2.05, 4.69) is 0 Å². The van der Waals surface area contributed by atoms with Crippen LogP contribution in [0, 0.1) is 0 Å². The third-order valence-electron chi connectivity index (χ3n) is 6.11. The van der Waals surface area contributed by atoms with E-state index in [1.807, 2.05) is 0 Å². The number of benzene rings is 3. The van der Waals surface area contributed by atoms with E-state index in [9.17, 15) is 13.2 Å². The molecule has 1 aliphatic rings. The zero-order valence-corrected chi connectivity index (χ0v) is 21.9. The fourth-order valence-electron chi connectivity index (χ4n) is 4.56. The van der Waals surface area contributed by atoms with Gasteiger partial charge < -0.3 is 4.74 Å². The number of hydrogen-bond donors (Lipinski definition) is 0. The molecule has 5 rings (SSSR count). The van der Waals surface area contributed by atoms with Gasteiger partial charge in [0.25, 0.3) is 15.6 Å². The van der Waals surface area contributed by atoms with Crippen molar-refractivity contribution in [3.63, 3.8) is 0 Å². The predicted molar refractivity (Wildman–Crippen MR) is 142 cm³/mol. The molecule has 0 saturated carbocycles. The molecule has 6 nitrogen and oxygen atoms in total. The monoisotopic (exact) mass is 560 g/mol. The highest BCUT2D eigenvalue weighted by atomic mass is 35.5. The fourth-order valence-corrected chi connectivity index (χ4v) is 6.87. The summed E-state index contributed by atoms with van der Waals surface area (Å²) in [5, 5.41) is 1.25. The molecule has 3 aromatic carbocycles. The number of hydrogen-bond acceptors (Lipinski definition) is 4. The summed E-state index contributed by atoms with van der Waals surface area (Å²) in [5.74, 6) is 0.346. The van der Waals surface area contributed by atoms with Crippen LogP contribution in [0.3, 0.4) is 0 Å². The molecule has 184 valence electrons. The lowest BCUT2D eigenvalue weighted by atomic mass is 9.94. The van der Waals surface area contributed by atoms with Crippen molar-refractivity contribution in [1.82, 2.24) is 4.57 Å². The lowest BCUT2D eigenvalue weighted by Crippen LogP contribution is -2.34. The summed E-state index contributed by atoms with van der Waals surface area (Å²) in [5.41, 5.74) is 1.01. The molecule has 0 saturated heterocycles. The highest BCUT2D eigenvalue weighted by molar-refractivity contribution is 7.93. The first-order valence-corrected chi connectivity index (χ1v) is 13.4. The van der Waals surface area contributed by atoms with E-state index in [0.717, 1.165) is 0 Å². The Balaban J connectivity index is 1.83. The van der Waals surface area contributed by atoms with Gasteiger partial charge in [0.15, 0.2) is 0 Å². The summed E-state index contributed by atoms with van der Waals surface area (Å²) in [6, 6.07) is 21.3. The fraction of sp³-hybridized carbons (Fsp3) is 0.115. The highest BCUT2D eigenvalue weighted by Gasteiger charge is 2.47. The largest absolute Gasteiger partial charge is 0.495 e. The standard InChI is InChI=1S/C26H19Cl3N2O4S/c1-35-21-14-13-20(29)15-22(21)36(33,34)31-23-3-2-4-24(32)30(23)25(16-5-9-18(27)10-6-16)26(31)17-7-11-19(28)12-8-17/h2-15,25-26H,1H3. The van der Waals surface area contributed by atoms with Crippen molar-refractivity contribution in [1.29, 1.82) is 0 Å². The summed E-state index contributed by atoms with van der Waals surface area (Å²) in [6.45, 7) is 0. The molecule has 2 heterocycles. The third-order valence-corrected chi connectivity index (χ3v) is 8.66. The SMILES string of the molecule is COc1ccc(Cl)cc1S(=O)(=O)N1c2cccc(=O)n2C(c2ccc(Cl)cc2)C1c1ccc(Cl)cc1. The molecule has 0 bridgehead atoms. The second-order valence-corrected chi connectivity index (χ2v) is 11.3.